The molecule has 1 aromatic rings. The molecule has 18 heavy (non-hydrogen) atoms. The van der Waals surface area contributed by atoms with Crippen LogP contribution >= 0.6 is 0 Å². The lowest BCUT2D eigenvalue weighted by Gasteiger charge is -2.09. The van der Waals surface area contributed by atoms with Crippen molar-refractivity contribution in [2.24, 2.45) is 5.92 Å². The molecule has 1 rings (SSSR count). The molecule has 4 nitrogen and oxygen atoms in total. The van der Waals surface area contributed by atoms with Gasteiger partial charge in [-0.25, -0.2) is 8.42 Å². The molecule has 0 heterocycles. The molecular formula is C13H18O4S. The summed E-state index contributed by atoms with van der Waals surface area (Å²) in [4.78, 5) is 10.8. The van der Waals surface area contributed by atoms with Crippen molar-refractivity contribution in [3.63, 3.8) is 0 Å². The number of benzene rings is 1. The molecule has 0 amide bonds. The van der Waals surface area contributed by atoms with Crippen molar-refractivity contribution in [3.8, 4) is 0 Å². The topological polar surface area (TPSA) is 71.4 Å². The van der Waals surface area contributed by atoms with E-state index >= 15 is 0 Å². The van der Waals surface area contributed by atoms with E-state index in [1.807, 2.05) is 6.92 Å². The molecular weight excluding hydrogens is 252 g/mol. The van der Waals surface area contributed by atoms with Gasteiger partial charge < -0.3 is 5.11 Å². The molecule has 0 spiro atoms. The Morgan fingerprint density at radius 3 is 2.33 bits per heavy atom. The van der Waals surface area contributed by atoms with Gasteiger partial charge in [-0.2, -0.15) is 0 Å². The van der Waals surface area contributed by atoms with Crippen molar-refractivity contribution in [2.45, 2.75) is 31.6 Å². The molecule has 1 atom stereocenters. The summed E-state index contributed by atoms with van der Waals surface area (Å²) < 4.78 is 24.0. The number of carbonyl (C=O) groups is 1. The Kier molecular flexibility index (Phi) is 4.90. The standard InChI is InChI=1S/C13H18O4S/c1-10-3-5-12(6-4-10)18(16,17)8-7-11(2)9-13(14)15/h3-6,11H,7-9H2,1-2H3,(H,14,15). The predicted octanol–water partition coefficient (Wildman–Crippen LogP) is 2.27. The highest BCUT2D eigenvalue weighted by Crippen LogP contribution is 2.16. The fourth-order valence-corrected chi connectivity index (χ4v) is 3.12. The maximum Gasteiger partial charge on any atom is 0.303 e. The van der Waals surface area contributed by atoms with E-state index in [1.165, 1.54) is 0 Å². The van der Waals surface area contributed by atoms with Gasteiger partial charge in [0, 0.05) is 6.42 Å². The van der Waals surface area contributed by atoms with Gasteiger partial charge >= 0.3 is 5.97 Å². The summed E-state index contributed by atoms with van der Waals surface area (Å²) in [6.07, 6.45) is 0.367. The third kappa shape index (κ3) is 4.49. The van der Waals surface area contributed by atoms with Gasteiger partial charge in [0.15, 0.2) is 9.84 Å². The molecule has 0 saturated carbocycles. The Labute approximate surface area is 108 Å². The molecule has 0 aliphatic heterocycles. The number of sulfone groups is 1. The summed E-state index contributed by atoms with van der Waals surface area (Å²) in [5.41, 5.74) is 1.01. The largest absolute Gasteiger partial charge is 0.481 e. The fourth-order valence-electron chi connectivity index (χ4n) is 1.62. The first kappa shape index (κ1) is 14.7. The van der Waals surface area contributed by atoms with E-state index in [9.17, 15) is 13.2 Å². The van der Waals surface area contributed by atoms with Crippen LogP contribution in [-0.4, -0.2) is 25.2 Å². The Hall–Kier alpha value is -1.36. The van der Waals surface area contributed by atoms with Crippen molar-refractivity contribution in [3.05, 3.63) is 29.8 Å². The van der Waals surface area contributed by atoms with Crippen molar-refractivity contribution < 1.29 is 18.3 Å². The number of hydrogen-bond donors (Lipinski definition) is 1. The lowest BCUT2D eigenvalue weighted by molar-refractivity contribution is -0.137. The monoisotopic (exact) mass is 270 g/mol. The van der Waals surface area contributed by atoms with Gasteiger partial charge in [0.1, 0.15) is 0 Å². The summed E-state index contributed by atoms with van der Waals surface area (Å²) in [5, 5.41) is 8.61. The average molecular weight is 270 g/mol. The zero-order valence-electron chi connectivity index (χ0n) is 10.6. The van der Waals surface area contributed by atoms with Gasteiger partial charge in [-0.3, -0.25) is 4.79 Å². The van der Waals surface area contributed by atoms with Gasteiger partial charge in [-0.1, -0.05) is 24.6 Å². The maximum absolute atomic E-state index is 12.0. The summed E-state index contributed by atoms with van der Waals surface area (Å²) in [7, 11) is -3.30. The normalized spacial score (nSPS) is 13.2. The summed E-state index contributed by atoms with van der Waals surface area (Å²) >= 11 is 0. The van der Waals surface area contributed by atoms with Crippen LogP contribution in [0.15, 0.2) is 29.2 Å². The number of rotatable bonds is 6. The van der Waals surface area contributed by atoms with E-state index < -0.39 is 15.8 Å². The maximum atomic E-state index is 12.0. The highest BCUT2D eigenvalue weighted by Gasteiger charge is 2.17. The summed E-state index contributed by atoms with van der Waals surface area (Å²) in [6, 6.07) is 6.69. The van der Waals surface area contributed by atoms with E-state index in [0.29, 0.717) is 11.3 Å². The number of aliphatic carboxylic acids is 1. The SMILES string of the molecule is Cc1ccc(S(=O)(=O)CCC(C)CC(=O)O)cc1. The first-order valence-corrected chi connectivity index (χ1v) is 7.47. The number of aryl methyl sites for hydroxylation is 1. The van der Waals surface area contributed by atoms with Gasteiger partial charge in [0.2, 0.25) is 0 Å². The van der Waals surface area contributed by atoms with E-state index in [-0.39, 0.29) is 18.1 Å². The van der Waals surface area contributed by atoms with Gasteiger partial charge in [-0.05, 0) is 31.4 Å². The van der Waals surface area contributed by atoms with Gasteiger partial charge in [-0.15, -0.1) is 0 Å². The fraction of sp³-hybridized carbons (Fsp3) is 0.462. The van der Waals surface area contributed by atoms with Crippen LogP contribution in [0, 0.1) is 12.8 Å². The molecule has 0 aliphatic carbocycles. The van der Waals surface area contributed by atoms with Gasteiger partial charge in [0.05, 0.1) is 10.6 Å². The number of carboxylic acid groups (broad SMARTS) is 1. The Morgan fingerprint density at radius 1 is 1.28 bits per heavy atom. The highest BCUT2D eigenvalue weighted by molar-refractivity contribution is 7.91. The average Bonchev–Trinajstić information content (AvgIpc) is 2.26. The van der Waals surface area contributed by atoms with Crippen LogP contribution in [0.2, 0.25) is 0 Å². The second-order valence-electron chi connectivity index (χ2n) is 4.62. The van der Waals surface area contributed by atoms with Crippen LogP contribution in [0.3, 0.4) is 0 Å². The molecule has 0 radical (unpaired) electrons. The van der Waals surface area contributed by atoms with E-state index in [2.05, 4.69) is 0 Å². The molecule has 1 N–H and O–H groups in total. The molecule has 0 saturated heterocycles. The Morgan fingerprint density at radius 2 is 1.83 bits per heavy atom. The molecule has 1 unspecified atom stereocenters. The number of hydrogen-bond acceptors (Lipinski definition) is 3. The molecule has 0 aromatic heterocycles. The van der Waals surface area contributed by atoms with E-state index in [4.69, 9.17) is 5.11 Å². The van der Waals surface area contributed by atoms with Crippen LogP contribution < -0.4 is 0 Å². The minimum absolute atomic E-state index is 0.00339. The lowest BCUT2D eigenvalue weighted by Crippen LogP contribution is -2.12. The van der Waals surface area contributed by atoms with Crippen LogP contribution in [0.1, 0.15) is 25.3 Å². The first-order chi connectivity index (χ1) is 8.31. The molecule has 0 bridgehead atoms. The smallest absolute Gasteiger partial charge is 0.303 e. The van der Waals surface area contributed by atoms with Gasteiger partial charge in [0.25, 0.3) is 0 Å². The minimum atomic E-state index is -3.30. The first-order valence-electron chi connectivity index (χ1n) is 5.82. The van der Waals surface area contributed by atoms with Crippen molar-refractivity contribution in [1.29, 1.82) is 0 Å². The Bertz CT molecular complexity index is 502. The van der Waals surface area contributed by atoms with Crippen LogP contribution in [0.4, 0.5) is 0 Å². The predicted molar refractivity (Wildman–Crippen MR) is 69.3 cm³/mol. The zero-order chi connectivity index (χ0) is 13.8. The lowest BCUT2D eigenvalue weighted by atomic mass is 10.1. The third-order valence-electron chi connectivity index (χ3n) is 2.78. The quantitative estimate of drug-likeness (QED) is 0.860. The second-order valence-corrected chi connectivity index (χ2v) is 6.73. The van der Waals surface area contributed by atoms with Crippen molar-refractivity contribution in [1.82, 2.24) is 0 Å². The summed E-state index contributed by atoms with van der Waals surface area (Å²) in [6.45, 7) is 3.64. The molecule has 5 heteroatoms. The van der Waals surface area contributed by atoms with Crippen molar-refractivity contribution in [2.75, 3.05) is 5.75 Å². The number of carboxylic acids is 1. The second kappa shape index (κ2) is 6.00. The Balaban J connectivity index is 2.65. The molecule has 100 valence electrons. The zero-order valence-corrected chi connectivity index (χ0v) is 11.4. The molecule has 0 aliphatic rings. The van der Waals surface area contributed by atoms with Crippen LogP contribution in [-0.2, 0) is 14.6 Å². The van der Waals surface area contributed by atoms with E-state index in [0.717, 1.165) is 5.56 Å². The van der Waals surface area contributed by atoms with Crippen LogP contribution in [0.25, 0.3) is 0 Å². The highest BCUT2D eigenvalue weighted by atomic mass is 32.2. The summed E-state index contributed by atoms with van der Waals surface area (Å²) in [5.74, 6) is -1.04. The van der Waals surface area contributed by atoms with E-state index in [1.54, 1.807) is 31.2 Å². The van der Waals surface area contributed by atoms with Crippen molar-refractivity contribution >= 4 is 15.8 Å². The minimum Gasteiger partial charge on any atom is -0.481 e. The molecule has 1 aromatic carbocycles. The molecule has 0 fully saturated rings. The van der Waals surface area contributed by atoms with Crippen LogP contribution in [0.5, 0.6) is 0 Å². The third-order valence-corrected chi connectivity index (χ3v) is 4.55.